The maximum atomic E-state index is 14.0. The normalized spacial score (nSPS) is 11.5. The Labute approximate surface area is 223 Å². The van der Waals surface area contributed by atoms with E-state index in [2.05, 4.69) is 32.6 Å². The first kappa shape index (κ1) is 25.2. The number of carbonyl (C=O) groups is 2. The van der Waals surface area contributed by atoms with Crippen molar-refractivity contribution in [2.24, 2.45) is 0 Å². The lowest BCUT2D eigenvalue weighted by Crippen LogP contribution is -2.32. The summed E-state index contributed by atoms with van der Waals surface area (Å²) >= 11 is 0. The van der Waals surface area contributed by atoms with Crippen molar-refractivity contribution in [2.75, 3.05) is 12.3 Å². The first-order valence-corrected chi connectivity index (χ1v) is 12.2. The van der Waals surface area contributed by atoms with Crippen LogP contribution in [0.1, 0.15) is 41.5 Å². The molecule has 5 rings (SSSR count). The monoisotopic (exact) mass is 519 g/mol. The number of fused-ring (bicyclic) bond motifs is 2. The van der Waals surface area contributed by atoms with Gasteiger partial charge in [-0.25, -0.2) is 9.50 Å². The Morgan fingerprint density at radius 3 is 2.67 bits per heavy atom. The van der Waals surface area contributed by atoms with Crippen molar-refractivity contribution in [1.29, 1.82) is 0 Å². The molecule has 0 unspecified atom stereocenters. The van der Waals surface area contributed by atoms with Crippen LogP contribution in [0.2, 0.25) is 0 Å². The molecule has 0 saturated heterocycles. The molecule has 10 heteroatoms. The summed E-state index contributed by atoms with van der Waals surface area (Å²) in [5, 5.41) is 10.9. The Kier molecular flexibility index (Phi) is 6.80. The zero-order valence-electron chi connectivity index (χ0n) is 21.3. The van der Waals surface area contributed by atoms with E-state index in [0.29, 0.717) is 33.4 Å². The molecule has 2 aromatic carbocycles. The summed E-state index contributed by atoms with van der Waals surface area (Å²) in [7, 11) is 0. The Balaban J connectivity index is 1.61. The molecular formula is C29H25N7O3. The second kappa shape index (κ2) is 10.5. The van der Waals surface area contributed by atoms with Gasteiger partial charge in [-0.1, -0.05) is 42.2 Å². The molecule has 0 bridgehead atoms. The topological polar surface area (TPSA) is 136 Å². The molecule has 1 atom stereocenters. The molecule has 2 amide bonds. The Morgan fingerprint density at radius 2 is 1.90 bits per heavy atom. The van der Waals surface area contributed by atoms with Gasteiger partial charge in [0.1, 0.15) is 5.56 Å². The Bertz CT molecular complexity index is 1850. The van der Waals surface area contributed by atoms with Gasteiger partial charge in [-0.05, 0) is 42.6 Å². The van der Waals surface area contributed by atoms with E-state index in [1.54, 1.807) is 36.0 Å². The number of nitrogens with two attached hydrogens (primary N) is 1. The fraction of sp³-hybridized carbons (Fsp3) is 0.138. The fourth-order valence-corrected chi connectivity index (χ4v) is 4.42. The van der Waals surface area contributed by atoms with Crippen LogP contribution in [0, 0.1) is 11.8 Å². The molecule has 4 N–H and O–H groups in total. The average molecular weight is 520 g/mol. The predicted molar refractivity (Wildman–Crippen MR) is 148 cm³/mol. The number of benzene rings is 2. The van der Waals surface area contributed by atoms with Crippen LogP contribution in [-0.2, 0) is 4.79 Å². The van der Waals surface area contributed by atoms with Crippen LogP contribution in [0.15, 0.2) is 77.9 Å². The quantitative estimate of drug-likeness (QED) is 0.305. The van der Waals surface area contributed by atoms with E-state index < -0.39 is 11.9 Å². The number of aromatic nitrogens is 4. The number of nitrogen functional groups attached to an aromatic ring is 1. The van der Waals surface area contributed by atoms with Crippen LogP contribution in [0.4, 0.5) is 5.82 Å². The van der Waals surface area contributed by atoms with Gasteiger partial charge in [0.05, 0.1) is 18.0 Å². The van der Waals surface area contributed by atoms with Crippen molar-refractivity contribution in [3.63, 3.8) is 0 Å². The lowest BCUT2D eigenvalue weighted by Gasteiger charge is -2.21. The summed E-state index contributed by atoms with van der Waals surface area (Å²) in [5.41, 5.74) is 8.01. The highest BCUT2D eigenvalue weighted by Crippen LogP contribution is 2.24. The Morgan fingerprint density at radius 1 is 1.10 bits per heavy atom. The lowest BCUT2D eigenvalue weighted by molar-refractivity contribution is -0.118. The second-order valence-electron chi connectivity index (χ2n) is 8.87. The first-order valence-electron chi connectivity index (χ1n) is 12.2. The molecule has 0 radical (unpaired) electrons. The molecule has 10 nitrogen and oxygen atoms in total. The van der Waals surface area contributed by atoms with Gasteiger partial charge in [-0.3, -0.25) is 19.0 Å². The van der Waals surface area contributed by atoms with Crippen molar-refractivity contribution in [3.05, 3.63) is 100 Å². The van der Waals surface area contributed by atoms with Crippen LogP contribution in [0.5, 0.6) is 0 Å². The molecule has 0 spiro atoms. The highest BCUT2D eigenvalue weighted by atomic mass is 16.2. The minimum absolute atomic E-state index is 0.0554. The maximum Gasteiger partial charge on any atom is 0.264 e. The van der Waals surface area contributed by atoms with Crippen molar-refractivity contribution in [3.8, 4) is 17.5 Å². The molecule has 39 heavy (non-hydrogen) atoms. The average Bonchev–Trinajstić information content (AvgIpc) is 3.27. The van der Waals surface area contributed by atoms with Crippen molar-refractivity contribution >= 4 is 34.1 Å². The molecule has 0 aliphatic carbocycles. The summed E-state index contributed by atoms with van der Waals surface area (Å²) in [4.78, 5) is 42.8. The molecular weight excluding hydrogens is 494 g/mol. The number of carbonyl (C=O) groups excluding carboxylic acids is 2. The second-order valence-corrected chi connectivity index (χ2v) is 8.87. The summed E-state index contributed by atoms with van der Waals surface area (Å²) < 4.78 is 3.02. The maximum absolute atomic E-state index is 14.0. The predicted octanol–water partition coefficient (Wildman–Crippen LogP) is 2.59. The van der Waals surface area contributed by atoms with Gasteiger partial charge < -0.3 is 16.4 Å². The van der Waals surface area contributed by atoms with Crippen molar-refractivity contribution < 1.29 is 9.59 Å². The largest absolute Gasteiger partial charge is 0.381 e. The van der Waals surface area contributed by atoms with E-state index in [1.165, 1.54) is 11.4 Å². The minimum Gasteiger partial charge on any atom is -0.381 e. The molecule has 3 aromatic heterocycles. The summed E-state index contributed by atoms with van der Waals surface area (Å²) in [6, 6.07) is 17.6. The van der Waals surface area contributed by atoms with Crippen LogP contribution < -0.4 is 21.9 Å². The lowest BCUT2D eigenvalue weighted by atomic mass is 10.0. The molecule has 0 aliphatic heterocycles. The highest BCUT2D eigenvalue weighted by molar-refractivity contribution is 6.04. The smallest absolute Gasteiger partial charge is 0.264 e. The third kappa shape index (κ3) is 4.93. The zero-order valence-corrected chi connectivity index (χ0v) is 21.3. The molecule has 0 saturated carbocycles. The number of para-hydroxylation sites is 1. The van der Waals surface area contributed by atoms with E-state index in [4.69, 9.17) is 5.73 Å². The van der Waals surface area contributed by atoms with E-state index in [9.17, 15) is 14.4 Å². The minimum atomic E-state index is -0.595. The summed E-state index contributed by atoms with van der Waals surface area (Å²) in [6.45, 7) is 3.38. The fourth-order valence-electron chi connectivity index (χ4n) is 4.42. The van der Waals surface area contributed by atoms with Gasteiger partial charge in [-0.15, -0.1) is 5.10 Å². The highest BCUT2D eigenvalue weighted by Gasteiger charge is 2.23. The molecule has 5 aromatic rings. The third-order valence-corrected chi connectivity index (χ3v) is 6.18. The van der Waals surface area contributed by atoms with Gasteiger partial charge in [-0.2, -0.15) is 0 Å². The van der Waals surface area contributed by atoms with E-state index >= 15 is 0 Å². The molecule has 0 aliphatic rings. The van der Waals surface area contributed by atoms with E-state index in [-0.39, 0.29) is 29.4 Å². The number of hydrogen-bond donors (Lipinski definition) is 3. The van der Waals surface area contributed by atoms with Gasteiger partial charge in [0.2, 0.25) is 5.91 Å². The van der Waals surface area contributed by atoms with Crippen LogP contribution >= 0.6 is 0 Å². The number of hydrogen-bond acceptors (Lipinski definition) is 6. The van der Waals surface area contributed by atoms with E-state index in [1.807, 2.05) is 48.5 Å². The number of nitrogens with one attached hydrogen (secondary N) is 2. The zero-order chi connectivity index (χ0) is 27.5. The third-order valence-electron chi connectivity index (χ3n) is 6.18. The Hall–Kier alpha value is -5.43. The van der Waals surface area contributed by atoms with Gasteiger partial charge in [0.15, 0.2) is 11.5 Å². The van der Waals surface area contributed by atoms with Gasteiger partial charge in [0, 0.05) is 36.3 Å². The van der Waals surface area contributed by atoms with Gasteiger partial charge >= 0.3 is 0 Å². The standard InChI is InChI=1S/C29H25N7O3/c1-18(33-28(38)25-26(30)34-35-16-8-15-32-27(25)35)23-17-21-10-6-9-20(11-7-14-31-19(2)37)24(21)29(39)36(23)22-12-4-3-5-13-22/h3-6,8-10,12-13,15-18H,14H2,1-2H3,(H2,30,34)(H,31,37)(H,33,38)/t18-/m0/s1. The molecule has 194 valence electrons. The number of rotatable bonds is 5. The molecule has 0 fully saturated rings. The van der Waals surface area contributed by atoms with Crippen molar-refractivity contribution in [2.45, 2.75) is 19.9 Å². The van der Waals surface area contributed by atoms with Crippen LogP contribution in [0.25, 0.3) is 22.1 Å². The van der Waals surface area contributed by atoms with Gasteiger partial charge in [0.25, 0.3) is 11.5 Å². The summed E-state index contributed by atoms with van der Waals surface area (Å²) in [6.07, 6.45) is 3.22. The first-order chi connectivity index (χ1) is 18.8. The number of pyridine rings is 1. The van der Waals surface area contributed by atoms with Crippen molar-refractivity contribution in [1.82, 2.24) is 29.8 Å². The SMILES string of the molecule is CC(=O)NCC#Cc1cccc2cc([C@H](C)NC(=O)c3c(N)nn4cccnc34)n(-c3ccccc3)c(=O)c12. The van der Waals surface area contributed by atoms with Crippen LogP contribution in [0.3, 0.4) is 0 Å². The number of amides is 2. The number of nitrogens with zero attached hydrogens (tertiary/aromatic N) is 4. The van der Waals surface area contributed by atoms with Crippen LogP contribution in [-0.4, -0.2) is 37.5 Å². The molecule has 3 heterocycles. The number of anilines is 1. The summed E-state index contributed by atoms with van der Waals surface area (Å²) in [5.74, 6) is 5.32. The van der Waals surface area contributed by atoms with E-state index in [0.717, 1.165) is 0 Å².